The van der Waals surface area contributed by atoms with Crippen molar-refractivity contribution in [3.8, 4) is 62.6 Å². The average Bonchev–Trinajstić information content (AvgIpc) is 4.07. The summed E-state index contributed by atoms with van der Waals surface area (Å²) in [6.07, 6.45) is 0.354. The van der Waals surface area contributed by atoms with E-state index >= 15 is 0 Å². The van der Waals surface area contributed by atoms with Gasteiger partial charge in [0.15, 0.2) is 39.9 Å². The van der Waals surface area contributed by atoms with E-state index in [2.05, 4.69) is 0 Å². The number of methoxy groups -OCH3 is 3. The highest BCUT2D eigenvalue weighted by Crippen LogP contribution is 2.51. The minimum atomic E-state index is -1.72. The molecule has 1 atom stereocenters. The third-order valence-electron chi connectivity index (χ3n) is 13.8. The molecule has 0 N–H and O–H groups in total. The number of carbonyl (C=O) groups excluding carboxylic acids is 4. The maximum absolute atomic E-state index is 14.6. The minimum absolute atomic E-state index is 0.0102. The third-order valence-corrected chi connectivity index (χ3v) is 13.8. The second-order valence-corrected chi connectivity index (χ2v) is 18.4. The van der Waals surface area contributed by atoms with Crippen molar-refractivity contribution in [1.82, 2.24) is 4.57 Å². The Kier molecular flexibility index (Phi) is 11.4. The summed E-state index contributed by atoms with van der Waals surface area (Å²) in [6.45, 7) is 1.67. The molecule has 6 heterocycles. The van der Waals surface area contributed by atoms with E-state index in [1.807, 2.05) is 0 Å². The molecule has 0 fully saturated rings. The van der Waals surface area contributed by atoms with Gasteiger partial charge in [0.25, 0.3) is 0 Å². The second-order valence-electron chi connectivity index (χ2n) is 18.4. The van der Waals surface area contributed by atoms with Crippen LogP contribution >= 0.6 is 0 Å². The van der Waals surface area contributed by atoms with Gasteiger partial charge < -0.3 is 51.0 Å². The highest BCUT2D eigenvalue weighted by molar-refractivity contribution is 6.17. The van der Waals surface area contributed by atoms with Gasteiger partial charge in [-0.05, 0) is 90.7 Å². The number of hydrogen-bond acceptors (Lipinski definition) is 17. The molecule has 2 aliphatic rings. The molecule has 2 aliphatic heterocycles. The smallest absolute Gasteiger partial charge is 0.361 e. The maximum Gasteiger partial charge on any atom is 0.361 e. The molecule has 0 saturated heterocycles. The van der Waals surface area contributed by atoms with E-state index in [1.54, 1.807) is 102 Å². The van der Waals surface area contributed by atoms with Gasteiger partial charge in [-0.25, -0.2) is 24.0 Å². The normalized spacial score (nSPS) is 14.6. The maximum atomic E-state index is 14.6. The first-order valence-electron chi connectivity index (χ1n) is 23.9. The van der Waals surface area contributed by atoms with E-state index in [-0.39, 0.29) is 75.3 Å². The number of ether oxygens (including phenoxy) is 7. The fourth-order valence-electron chi connectivity index (χ4n) is 10.00. The molecule has 0 saturated carbocycles. The number of hydrogen-bond donors (Lipinski definition) is 0. The van der Waals surface area contributed by atoms with Crippen LogP contribution in [0.15, 0.2) is 155 Å². The molecule has 18 heteroatoms. The van der Waals surface area contributed by atoms with Crippen LogP contribution < -0.4 is 50.0 Å². The van der Waals surface area contributed by atoms with E-state index in [0.717, 1.165) is 0 Å². The quantitative estimate of drug-likeness (QED) is 0.0537. The van der Waals surface area contributed by atoms with Crippen molar-refractivity contribution in [2.24, 2.45) is 5.41 Å². The lowest BCUT2D eigenvalue weighted by Gasteiger charge is -2.30. The van der Waals surface area contributed by atoms with Crippen molar-refractivity contribution in [3.63, 3.8) is 0 Å². The van der Waals surface area contributed by atoms with Crippen molar-refractivity contribution in [2.75, 3.05) is 21.3 Å². The van der Waals surface area contributed by atoms with Crippen molar-refractivity contribution in [2.45, 2.75) is 26.3 Å². The van der Waals surface area contributed by atoms with Gasteiger partial charge in [-0.15, -0.1) is 0 Å². The SMILES string of the molecule is COc1cc2c(cc1OC(=O)c1cc3ccccc3oc1=O)-c1c(-c3ccc(OC(=O)C4(C)Cc5ccccc5OC4=O)c(OC)c3)c3c4cc(OC)c(OC(=O)c5cc6ccccc6oc5=O)cc4oc(=O)c3n1CC2. The summed E-state index contributed by atoms with van der Waals surface area (Å²) in [5, 5.41) is 1.60. The minimum Gasteiger partial charge on any atom is -0.493 e. The number of nitrogens with zero attached hydrogens (tertiary/aromatic N) is 1. The fourth-order valence-corrected chi connectivity index (χ4v) is 10.00. The third kappa shape index (κ3) is 7.92. The van der Waals surface area contributed by atoms with E-state index in [9.17, 15) is 33.6 Å². The molecule has 0 amide bonds. The lowest BCUT2D eigenvalue weighted by molar-refractivity contribution is -0.161. The molecule has 0 spiro atoms. The highest BCUT2D eigenvalue weighted by Gasteiger charge is 2.49. The molecule has 18 nitrogen and oxygen atoms in total. The molecule has 0 bridgehead atoms. The molecule has 0 radical (unpaired) electrons. The van der Waals surface area contributed by atoms with Crippen LogP contribution in [0.25, 0.3) is 66.2 Å². The Balaban J connectivity index is 1.02. The van der Waals surface area contributed by atoms with Gasteiger partial charge in [-0.3, -0.25) is 9.59 Å². The number of esters is 4. The summed E-state index contributed by atoms with van der Waals surface area (Å²) in [5.41, 5.74) is -1.43. The van der Waals surface area contributed by atoms with Gasteiger partial charge >= 0.3 is 40.8 Å². The number of carbonyl (C=O) groups is 4. The molecule has 77 heavy (non-hydrogen) atoms. The standard InChI is InChI=1S/C59H39NO17/c1-59(28-33-13-7-10-16-40(33)76-57(59)66)58(67)77-41-18-17-32(24-43(41)68-2)48-49-35-26-45(70-4)47(75-55(64)37-22-31-12-6-9-15-39(31)72-53(37)62)27-42(35)73-56(65)51(49)60-20-19-29-23-44(69-3)46(25-34(29)50(48)60)74-54(63)36-21-30-11-5-8-14-38(30)71-52(36)61/h5-18,21-27H,19-20,28H2,1-4H3. The zero-order valence-corrected chi connectivity index (χ0v) is 41.1. The van der Waals surface area contributed by atoms with Crippen LogP contribution in [-0.2, 0) is 29.0 Å². The van der Waals surface area contributed by atoms with Crippen LogP contribution in [0.1, 0.15) is 38.8 Å². The Hall–Kier alpha value is -10.2. The zero-order valence-electron chi connectivity index (χ0n) is 41.1. The molecule has 0 aliphatic carbocycles. The first kappa shape index (κ1) is 47.8. The molecule has 6 aromatic carbocycles. The van der Waals surface area contributed by atoms with E-state index in [1.165, 1.54) is 58.6 Å². The summed E-state index contributed by atoms with van der Waals surface area (Å²) in [5.74, 6) is -3.49. The molecule has 1 unspecified atom stereocenters. The molecule has 10 aromatic rings. The molecule has 12 rings (SSSR count). The Labute approximate surface area is 433 Å². The van der Waals surface area contributed by atoms with Crippen molar-refractivity contribution < 1.29 is 65.6 Å². The van der Waals surface area contributed by atoms with Crippen LogP contribution in [0, 0.1) is 5.41 Å². The van der Waals surface area contributed by atoms with Crippen LogP contribution in [-0.4, -0.2) is 49.8 Å². The number of fused-ring (bicyclic) bond motifs is 10. The van der Waals surface area contributed by atoms with Crippen molar-refractivity contribution in [3.05, 3.63) is 181 Å². The average molecular weight is 1030 g/mol. The van der Waals surface area contributed by atoms with Gasteiger partial charge in [-0.2, -0.15) is 0 Å². The first-order valence-corrected chi connectivity index (χ1v) is 23.9. The number of benzene rings is 6. The summed E-state index contributed by atoms with van der Waals surface area (Å²) >= 11 is 0. The Morgan fingerprint density at radius 1 is 0.558 bits per heavy atom. The topological polar surface area (TPSA) is 228 Å². The fraction of sp³-hybridized carbons (Fsp3) is 0.136. The highest BCUT2D eigenvalue weighted by atomic mass is 16.6. The molecular formula is C59H39NO17. The summed E-state index contributed by atoms with van der Waals surface area (Å²) in [7, 11) is 4.11. The van der Waals surface area contributed by atoms with E-state index in [4.69, 9.17) is 46.4 Å². The lowest BCUT2D eigenvalue weighted by atomic mass is 9.81. The van der Waals surface area contributed by atoms with E-state index in [0.29, 0.717) is 67.2 Å². The number of para-hydroxylation sites is 3. The molecule has 4 aromatic heterocycles. The number of rotatable bonds is 10. The van der Waals surface area contributed by atoms with Crippen LogP contribution in [0.3, 0.4) is 0 Å². The molecule has 382 valence electrons. The van der Waals surface area contributed by atoms with Gasteiger partial charge in [0, 0.05) is 51.7 Å². The van der Waals surface area contributed by atoms with Crippen LogP contribution in [0.5, 0.6) is 40.2 Å². The van der Waals surface area contributed by atoms with Crippen molar-refractivity contribution in [1.29, 1.82) is 0 Å². The summed E-state index contributed by atoms with van der Waals surface area (Å²) < 4.78 is 59.3. The van der Waals surface area contributed by atoms with Crippen LogP contribution in [0.2, 0.25) is 0 Å². The largest absolute Gasteiger partial charge is 0.493 e. The summed E-state index contributed by atoms with van der Waals surface area (Å²) in [4.78, 5) is 95.9. The van der Waals surface area contributed by atoms with Gasteiger partial charge in [0.1, 0.15) is 39.1 Å². The van der Waals surface area contributed by atoms with Gasteiger partial charge in [0.2, 0.25) is 0 Å². The monoisotopic (exact) mass is 1030 g/mol. The van der Waals surface area contributed by atoms with Crippen LogP contribution in [0.4, 0.5) is 0 Å². The van der Waals surface area contributed by atoms with E-state index < -0.39 is 51.7 Å². The predicted molar refractivity (Wildman–Crippen MR) is 277 cm³/mol. The summed E-state index contributed by atoms with van der Waals surface area (Å²) in [6, 6.07) is 33.8. The van der Waals surface area contributed by atoms with Crippen molar-refractivity contribution >= 4 is 67.7 Å². The number of aryl methyl sites for hydroxylation is 2. The first-order chi connectivity index (χ1) is 37.2. The second kappa shape index (κ2) is 18.3. The Morgan fingerprint density at radius 3 is 1.81 bits per heavy atom. The van der Waals surface area contributed by atoms with Gasteiger partial charge in [-0.1, -0.05) is 60.7 Å². The predicted octanol–water partition coefficient (Wildman–Crippen LogP) is 9.39. The Bertz CT molecular complexity index is 4410. The molecular weight excluding hydrogens is 995 g/mol. The Morgan fingerprint density at radius 2 is 1.14 bits per heavy atom. The lowest BCUT2D eigenvalue weighted by Crippen LogP contribution is -2.46. The van der Waals surface area contributed by atoms with Gasteiger partial charge in [0.05, 0.1) is 27.0 Å². The zero-order chi connectivity index (χ0) is 53.4. The number of aromatic nitrogens is 1.